The summed E-state index contributed by atoms with van der Waals surface area (Å²) in [6, 6.07) is 0. The molecule has 0 aliphatic carbocycles. The van der Waals surface area contributed by atoms with Crippen LogP contribution in [0.2, 0.25) is 0 Å². The van der Waals surface area contributed by atoms with Crippen LogP contribution in [0.5, 0.6) is 0 Å². The van der Waals surface area contributed by atoms with E-state index in [0.29, 0.717) is 12.8 Å². The zero-order valence-corrected chi connectivity index (χ0v) is 40.6. The minimum Gasteiger partial charge on any atom is -0.545 e. The first-order chi connectivity index (χ1) is 22.6. The van der Waals surface area contributed by atoms with Crippen molar-refractivity contribution in [3.63, 3.8) is 0 Å². The Kier molecular flexibility index (Phi) is 17.9. The summed E-state index contributed by atoms with van der Waals surface area (Å²) < 4.78 is 0. The van der Waals surface area contributed by atoms with Gasteiger partial charge < -0.3 is 19.8 Å². The molecule has 9 heteroatoms. The van der Waals surface area contributed by atoms with Gasteiger partial charge in [-0.25, -0.2) is 0 Å². The molecule has 2 aliphatic heterocycles. The van der Waals surface area contributed by atoms with Crippen LogP contribution in [0.1, 0.15) is 189 Å². The Labute approximate surface area is 353 Å². The third-order valence-electron chi connectivity index (χ3n) is 11.8. The van der Waals surface area contributed by atoms with E-state index in [0.717, 1.165) is 74.2 Å². The van der Waals surface area contributed by atoms with Crippen LogP contribution in [0.4, 0.5) is 0 Å². The largest absolute Gasteiger partial charge is 2.00 e. The van der Waals surface area contributed by atoms with Crippen LogP contribution in [0.3, 0.4) is 0 Å². The van der Waals surface area contributed by atoms with Crippen LogP contribution in [-0.4, -0.2) is 95.0 Å². The Morgan fingerprint density at radius 1 is 0.451 bits per heavy atom. The quantitative estimate of drug-likeness (QED) is 0.128. The topological polar surface area (TPSA) is 130 Å². The summed E-state index contributed by atoms with van der Waals surface area (Å²) >= 11 is 0. The fraction of sp³-hybridized carbons (Fsp3) is 0.857. The van der Waals surface area contributed by atoms with Gasteiger partial charge in [-0.1, -0.05) is 150 Å². The number of rotatable bonds is 18. The van der Waals surface area contributed by atoms with Crippen molar-refractivity contribution in [1.29, 1.82) is 0 Å². The average molecular weight is 836 g/mol. The Morgan fingerprint density at radius 2 is 0.627 bits per heavy atom. The second kappa shape index (κ2) is 18.2. The molecule has 8 nitrogen and oxygen atoms in total. The second-order valence-electron chi connectivity index (χ2n) is 18.8. The minimum atomic E-state index is -1.53. The smallest absolute Gasteiger partial charge is 0.545 e. The van der Waals surface area contributed by atoms with Crippen molar-refractivity contribution in [2.75, 3.05) is 0 Å². The molecule has 0 N–H and O–H groups in total. The molecule has 2 heterocycles. The molecular weight excluding hydrogens is 762 g/mol. The van der Waals surface area contributed by atoms with Crippen molar-refractivity contribution in [2.24, 2.45) is 52.5 Å². The number of carboxylic acid groups (broad SMARTS) is 2. The van der Waals surface area contributed by atoms with Gasteiger partial charge in [0.2, 0.25) is 0 Å². The van der Waals surface area contributed by atoms with E-state index < -0.39 is 34.1 Å². The summed E-state index contributed by atoms with van der Waals surface area (Å²) in [5, 5.41) is 24.5. The summed E-state index contributed by atoms with van der Waals surface area (Å²) in [6.07, 6.45) is 9.18. The molecule has 0 bridgehead atoms. The van der Waals surface area contributed by atoms with E-state index in [-0.39, 0.29) is 70.5 Å². The molecule has 0 unspecified atom stereocenters. The normalized spacial score (nSPS) is 17.8. The van der Waals surface area contributed by atoms with Crippen molar-refractivity contribution in [1.82, 2.24) is 0 Å². The maximum Gasteiger partial charge on any atom is 2.00 e. The monoisotopic (exact) mass is 836 g/mol. The molecule has 0 radical (unpaired) electrons. The first-order valence-electron chi connectivity index (χ1n) is 19.5. The molecule has 0 saturated carbocycles. The van der Waals surface area contributed by atoms with Gasteiger partial charge in [-0.2, -0.15) is 0 Å². The maximum atomic E-state index is 12.3. The standard InChI is InChI=1S/2C21H38N2O2.Ba/c2*1-10-13-18(4,5)15-16(19(6,7)14-11-2)23-21(22-15,17(24)25)20(8,9)12-3;/h2*10-14H2,1-9H3,(H,24,25);/q;;+2/p-2. The van der Waals surface area contributed by atoms with Gasteiger partial charge in [0.1, 0.15) is 0 Å². The van der Waals surface area contributed by atoms with Crippen LogP contribution >= 0.6 is 0 Å². The van der Waals surface area contributed by atoms with E-state index in [9.17, 15) is 19.8 Å². The predicted molar refractivity (Wildman–Crippen MR) is 214 cm³/mol. The molecule has 0 spiro atoms. The fourth-order valence-electron chi connectivity index (χ4n) is 7.60. The van der Waals surface area contributed by atoms with Crippen LogP contribution in [0, 0.1) is 32.5 Å². The van der Waals surface area contributed by atoms with Gasteiger partial charge in [0.25, 0.3) is 0 Å². The number of carbonyl (C=O) groups excluding carboxylic acids is 2. The van der Waals surface area contributed by atoms with Crippen molar-refractivity contribution in [3.8, 4) is 0 Å². The van der Waals surface area contributed by atoms with Gasteiger partial charge in [-0.15, -0.1) is 0 Å². The number of aliphatic imine (C=N–C) groups is 4. The number of aliphatic carboxylic acids is 2. The average Bonchev–Trinajstić information content (AvgIpc) is 3.63. The fourth-order valence-corrected chi connectivity index (χ4v) is 7.60. The van der Waals surface area contributed by atoms with E-state index in [4.69, 9.17) is 20.0 Å². The maximum absolute atomic E-state index is 12.3. The molecule has 51 heavy (non-hydrogen) atoms. The Bertz CT molecular complexity index is 1180. The molecular formula is C42H74BaN4O4. The summed E-state index contributed by atoms with van der Waals surface area (Å²) in [5.74, 6) is -2.38. The zero-order chi connectivity index (χ0) is 39.4. The Morgan fingerprint density at radius 3 is 0.745 bits per heavy atom. The van der Waals surface area contributed by atoms with Gasteiger partial charge in [0.15, 0.2) is 11.3 Å². The van der Waals surface area contributed by atoms with Crippen LogP contribution in [0.25, 0.3) is 0 Å². The third-order valence-corrected chi connectivity index (χ3v) is 11.8. The first kappa shape index (κ1) is 50.2. The molecule has 2 rings (SSSR count). The van der Waals surface area contributed by atoms with Crippen LogP contribution < -0.4 is 10.2 Å². The number of carboxylic acids is 2. The molecule has 2 aliphatic rings. The number of nitrogens with zero attached hydrogens (tertiary/aromatic N) is 4. The van der Waals surface area contributed by atoms with Crippen molar-refractivity contribution in [3.05, 3.63) is 0 Å². The first-order valence-corrected chi connectivity index (χ1v) is 19.5. The van der Waals surface area contributed by atoms with Gasteiger partial charge in [0.05, 0.1) is 34.8 Å². The molecule has 0 aromatic carbocycles. The minimum absolute atomic E-state index is 0. The molecule has 0 aromatic heterocycles. The van der Waals surface area contributed by atoms with Crippen LogP contribution in [0.15, 0.2) is 20.0 Å². The van der Waals surface area contributed by atoms with E-state index in [2.05, 4.69) is 83.1 Å². The SMILES string of the molecule is CCCC(C)(C)C1=NC(C(=O)[O-])(C(C)(C)CC)N=C1C(C)(C)CCC.CCCC(C)(C)C1=NC(C(=O)[O-])(C(C)(C)CC)N=C1C(C)(C)CCC.[Ba+2]. The Hall–Kier alpha value is -0.809. The number of hydrogen-bond donors (Lipinski definition) is 0. The van der Waals surface area contributed by atoms with E-state index in [1.807, 2.05) is 41.5 Å². The second-order valence-corrected chi connectivity index (χ2v) is 18.8. The molecule has 0 atom stereocenters. The van der Waals surface area contributed by atoms with E-state index >= 15 is 0 Å². The number of carbonyl (C=O) groups is 2. The van der Waals surface area contributed by atoms with Gasteiger partial charge in [0, 0.05) is 32.5 Å². The summed E-state index contributed by atoms with van der Waals surface area (Å²) in [5.41, 5.74) is -1.66. The molecule has 0 saturated heterocycles. The molecule has 0 aromatic rings. The van der Waals surface area contributed by atoms with E-state index in [1.165, 1.54) is 0 Å². The van der Waals surface area contributed by atoms with Gasteiger partial charge in [-0.05, 0) is 38.5 Å². The predicted octanol–water partition coefficient (Wildman–Crippen LogP) is 8.45. The van der Waals surface area contributed by atoms with Gasteiger partial charge >= 0.3 is 48.9 Å². The van der Waals surface area contributed by atoms with Crippen molar-refractivity contribution in [2.45, 2.75) is 200 Å². The Balaban J connectivity index is 0.000000962. The van der Waals surface area contributed by atoms with Crippen molar-refractivity contribution >= 4 is 83.7 Å². The molecule has 0 amide bonds. The summed E-state index contributed by atoms with van der Waals surface area (Å²) in [6.45, 7) is 37.5. The zero-order valence-electron chi connectivity index (χ0n) is 36.2. The number of hydrogen-bond acceptors (Lipinski definition) is 8. The van der Waals surface area contributed by atoms with Crippen LogP contribution in [-0.2, 0) is 9.59 Å². The summed E-state index contributed by atoms with van der Waals surface area (Å²) in [4.78, 5) is 43.9. The third kappa shape index (κ3) is 10.3. The molecule has 288 valence electrons. The summed E-state index contributed by atoms with van der Waals surface area (Å²) in [7, 11) is 0. The van der Waals surface area contributed by atoms with Gasteiger partial charge in [-0.3, -0.25) is 20.0 Å². The van der Waals surface area contributed by atoms with E-state index in [1.54, 1.807) is 0 Å². The van der Waals surface area contributed by atoms with Crippen molar-refractivity contribution < 1.29 is 19.8 Å². The molecule has 0 fully saturated rings.